The molecule has 1 aliphatic rings. The fraction of sp³-hybridized carbons (Fsp3) is 0.571. The molecule has 0 spiro atoms. The molecule has 0 amide bonds. The lowest BCUT2D eigenvalue weighted by molar-refractivity contribution is -0.145. The molecule has 2 rings (SSSR count). The van der Waals surface area contributed by atoms with E-state index in [1.807, 2.05) is 25.7 Å². The molecule has 6 nitrogen and oxygen atoms in total. The van der Waals surface area contributed by atoms with Crippen molar-refractivity contribution >= 4 is 11.8 Å². The van der Waals surface area contributed by atoms with Crippen molar-refractivity contribution in [3.8, 4) is 6.07 Å². The minimum absolute atomic E-state index is 0.164. The summed E-state index contributed by atoms with van der Waals surface area (Å²) >= 11 is 0. The van der Waals surface area contributed by atoms with Crippen LogP contribution in [0.2, 0.25) is 0 Å². The van der Waals surface area contributed by atoms with Crippen molar-refractivity contribution in [3.05, 3.63) is 16.8 Å². The first-order valence-electron chi connectivity index (χ1n) is 6.56. The van der Waals surface area contributed by atoms with Gasteiger partial charge in [-0.3, -0.25) is 4.79 Å². The highest BCUT2D eigenvalue weighted by molar-refractivity contribution is 5.75. The predicted octanol–water partition coefficient (Wildman–Crippen LogP) is 1.21. The number of aromatic nitrogens is 2. The van der Waals surface area contributed by atoms with Crippen LogP contribution in [0.25, 0.3) is 0 Å². The highest BCUT2D eigenvalue weighted by atomic mass is 16.5. The zero-order valence-corrected chi connectivity index (χ0v) is 12.2. The van der Waals surface area contributed by atoms with E-state index in [1.165, 1.54) is 7.11 Å². The number of hydrogen-bond donors (Lipinski definition) is 0. The number of aryl methyl sites for hydroxylation is 1. The van der Waals surface area contributed by atoms with E-state index in [4.69, 9.17) is 4.74 Å². The molecule has 0 saturated carbocycles. The van der Waals surface area contributed by atoms with Gasteiger partial charge in [-0.1, -0.05) is 6.92 Å². The lowest BCUT2D eigenvalue weighted by Crippen LogP contribution is -2.26. The molecule has 1 aromatic rings. The number of carbonyl (C=O) groups excluding carboxylic acids is 1. The fourth-order valence-electron chi connectivity index (χ4n) is 2.55. The lowest BCUT2D eigenvalue weighted by atomic mass is 9.99. The second-order valence-electron chi connectivity index (χ2n) is 5.23. The smallest absolute Gasteiger partial charge is 0.310 e. The Bertz CT molecular complexity index is 579. The summed E-state index contributed by atoms with van der Waals surface area (Å²) in [4.78, 5) is 13.7. The number of rotatable bonds is 2. The molecular formula is C14H18N4O2. The van der Waals surface area contributed by atoms with Crippen molar-refractivity contribution in [2.45, 2.75) is 20.8 Å². The maximum Gasteiger partial charge on any atom is 0.310 e. The Morgan fingerprint density at radius 1 is 1.40 bits per heavy atom. The Labute approximate surface area is 118 Å². The maximum absolute atomic E-state index is 11.7. The Morgan fingerprint density at radius 3 is 2.70 bits per heavy atom. The molecule has 1 fully saturated rings. The van der Waals surface area contributed by atoms with Gasteiger partial charge in [0, 0.05) is 13.1 Å². The number of ether oxygens (including phenoxy) is 1. The largest absolute Gasteiger partial charge is 0.469 e. The van der Waals surface area contributed by atoms with E-state index >= 15 is 0 Å². The van der Waals surface area contributed by atoms with Crippen LogP contribution in [0, 0.1) is 37.0 Å². The number of methoxy groups -OCH3 is 1. The summed E-state index contributed by atoms with van der Waals surface area (Å²) in [6.45, 7) is 6.88. The van der Waals surface area contributed by atoms with E-state index < -0.39 is 0 Å². The molecule has 0 N–H and O–H groups in total. The van der Waals surface area contributed by atoms with Gasteiger partial charge in [-0.05, 0) is 25.3 Å². The Balaban J connectivity index is 2.33. The zero-order chi connectivity index (χ0) is 14.9. The SMILES string of the molecule is COC(=O)C1CN(c2nnc(C)c(C)c2C#N)CC1C. The molecular weight excluding hydrogens is 256 g/mol. The lowest BCUT2D eigenvalue weighted by Gasteiger charge is -2.19. The average Bonchev–Trinajstić information content (AvgIpc) is 2.82. The maximum atomic E-state index is 11.7. The fourth-order valence-corrected chi connectivity index (χ4v) is 2.55. The highest BCUT2D eigenvalue weighted by Crippen LogP contribution is 2.30. The van der Waals surface area contributed by atoms with Crippen molar-refractivity contribution in [2.75, 3.05) is 25.1 Å². The third-order valence-electron chi connectivity index (χ3n) is 3.96. The van der Waals surface area contributed by atoms with Crippen LogP contribution < -0.4 is 4.90 Å². The molecule has 1 aliphatic heterocycles. The zero-order valence-electron chi connectivity index (χ0n) is 12.2. The summed E-state index contributed by atoms with van der Waals surface area (Å²) in [6, 6.07) is 2.19. The van der Waals surface area contributed by atoms with Crippen LogP contribution in [0.15, 0.2) is 0 Å². The van der Waals surface area contributed by atoms with Gasteiger partial charge in [0.25, 0.3) is 0 Å². The Kier molecular flexibility index (Phi) is 3.89. The van der Waals surface area contributed by atoms with Gasteiger partial charge in [-0.2, -0.15) is 10.4 Å². The van der Waals surface area contributed by atoms with E-state index in [0.717, 1.165) is 11.3 Å². The molecule has 2 unspecified atom stereocenters. The van der Waals surface area contributed by atoms with E-state index in [0.29, 0.717) is 24.5 Å². The monoisotopic (exact) mass is 274 g/mol. The number of nitriles is 1. The molecule has 0 radical (unpaired) electrons. The normalized spacial score (nSPS) is 21.6. The quantitative estimate of drug-likeness (QED) is 0.754. The van der Waals surface area contributed by atoms with Crippen LogP contribution in [0.1, 0.15) is 23.7 Å². The summed E-state index contributed by atoms with van der Waals surface area (Å²) in [5.74, 6) is 0.330. The number of nitrogens with zero attached hydrogens (tertiary/aromatic N) is 4. The Morgan fingerprint density at radius 2 is 2.10 bits per heavy atom. The van der Waals surface area contributed by atoms with Crippen LogP contribution in [0.4, 0.5) is 5.82 Å². The average molecular weight is 274 g/mol. The topological polar surface area (TPSA) is 79.1 Å². The van der Waals surface area contributed by atoms with Crippen LogP contribution in [-0.2, 0) is 9.53 Å². The van der Waals surface area contributed by atoms with Crippen molar-refractivity contribution < 1.29 is 9.53 Å². The van der Waals surface area contributed by atoms with Gasteiger partial charge in [-0.25, -0.2) is 0 Å². The molecule has 106 valence electrons. The van der Waals surface area contributed by atoms with Crippen LogP contribution in [-0.4, -0.2) is 36.4 Å². The number of esters is 1. The van der Waals surface area contributed by atoms with Crippen molar-refractivity contribution in [3.63, 3.8) is 0 Å². The molecule has 2 atom stereocenters. The summed E-state index contributed by atoms with van der Waals surface area (Å²) in [7, 11) is 1.40. The molecule has 1 aromatic heterocycles. The molecule has 2 heterocycles. The summed E-state index contributed by atoms with van der Waals surface area (Å²) < 4.78 is 4.82. The van der Waals surface area contributed by atoms with Gasteiger partial charge in [0.2, 0.25) is 0 Å². The second-order valence-corrected chi connectivity index (χ2v) is 5.23. The molecule has 0 bridgehead atoms. The van der Waals surface area contributed by atoms with E-state index in [9.17, 15) is 10.1 Å². The minimum atomic E-state index is -0.213. The number of carbonyl (C=O) groups is 1. The molecule has 1 saturated heterocycles. The van der Waals surface area contributed by atoms with Crippen LogP contribution in [0.5, 0.6) is 0 Å². The first kappa shape index (κ1) is 14.3. The van der Waals surface area contributed by atoms with Crippen LogP contribution >= 0.6 is 0 Å². The van der Waals surface area contributed by atoms with Crippen molar-refractivity contribution in [1.29, 1.82) is 5.26 Å². The standard InChI is InChI=1S/C14H18N4O2/c1-8-6-18(7-12(8)14(19)20-4)13-11(5-15)9(2)10(3)16-17-13/h8,12H,6-7H2,1-4H3. The number of anilines is 1. The highest BCUT2D eigenvalue weighted by Gasteiger charge is 2.37. The Hall–Kier alpha value is -2.16. The van der Waals surface area contributed by atoms with E-state index in [1.54, 1.807) is 0 Å². The predicted molar refractivity (Wildman–Crippen MR) is 73.1 cm³/mol. The minimum Gasteiger partial charge on any atom is -0.469 e. The van der Waals surface area contributed by atoms with Gasteiger partial charge in [0.1, 0.15) is 11.6 Å². The van der Waals surface area contributed by atoms with E-state index in [-0.39, 0.29) is 17.8 Å². The third-order valence-corrected chi connectivity index (χ3v) is 3.96. The van der Waals surface area contributed by atoms with Crippen molar-refractivity contribution in [1.82, 2.24) is 10.2 Å². The van der Waals surface area contributed by atoms with Gasteiger partial charge < -0.3 is 9.64 Å². The van der Waals surface area contributed by atoms with Gasteiger partial charge in [-0.15, -0.1) is 5.10 Å². The number of hydrogen-bond acceptors (Lipinski definition) is 6. The molecule has 0 aromatic carbocycles. The third kappa shape index (κ3) is 2.31. The molecule has 0 aliphatic carbocycles. The summed E-state index contributed by atoms with van der Waals surface area (Å²) in [5.41, 5.74) is 2.13. The van der Waals surface area contributed by atoms with Crippen LogP contribution in [0.3, 0.4) is 0 Å². The molecule has 6 heteroatoms. The first-order valence-corrected chi connectivity index (χ1v) is 6.56. The summed E-state index contributed by atoms with van der Waals surface area (Å²) in [5, 5.41) is 17.6. The van der Waals surface area contributed by atoms with Gasteiger partial charge >= 0.3 is 5.97 Å². The summed E-state index contributed by atoms with van der Waals surface area (Å²) in [6.07, 6.45) is 0. The van der Waals surface area contributed by atoms with Gasteiger partial charge in [0.15, 0.2) is 5.82 Å². The molecule has 20 heavy (non-hydrogen) atoms. The van der Waals surface area contributed by atoms with Gasteiger partial charge in [0.05, 0.1) is 18.7 Å². The van der Waals surface area contributed by atoms with Crippen molar-refractivity contribution in [2.24, 2.45) is 11.8 Å². The van der Waals surface area contributed by atoms with E-state index in [2.05, 4.69) is 16.3 Å². The second kappa shape index (κ2) is 5.45. The first-order chi connectivity index (χ1) is 9.49.